The predicted octanol–water partition coefficient (Wildman–Crippen LogP) is 2.22. The fourth-order valence-electron chi connectivity index (χ4n) is 3.47. The zero-order valence-electron chi connectivity index (χ0n) is 12.1. The first-order valence-electron chi connectivity index (χ1n) is 7.70. The lowest BCUT2D eigenvalue weighted by atomic mass is 9.90. The molecule has 2 unspecified atom stereocenters. The Morgan fingerprint density at radius 2 is 1.85 bits per heavy atom. The van der Waals surface area contributed by atoms with Crippen molar-refractivity contribution >= 4 is 16.0 Å². The van der Waals surface area contributed by atoms with E-state index < -0.39 is 22.0 Å². The number of piperidine rings is 1. The molecule has 2 atom stereocenters. The zero-order valence-corrected chi connectivity index (χ0v) is 12.9. The lowest BCUT2D eigenvalue weighted by Crippen LogP contribution is -2.53. The van der Waals surface area contributed by atoms with Crippen molar-refractivity contribution in [3.05, 3.63) is 0 Å². The van der Waals surface area contributed by atoms with E-state index in [0.29, 0.717) is 31.7 Å². The van der Waals surface area contributed by atoms with Crippen molar-refractivity contribution in [2.45, 2.75) is 69.6 Å². The fourth-order valence-corrected chi connectivity index (χ4v) is 5.67. The van der Waals surface area contributed by atoms with Gasteiger partial charge in [-0.15, -0.1) is 0 Å². The van der Waals surface area contributed by atoms with Gasteiger partial charge in [0.1, 0.15) is 6.04 Å². The Balaban J connectivity index is 2.17. The second-order valence-electron chi connectivity index (χ2n) is 6.07. The summed E-state index contributed by atoms with van der Waals surface area (Å²) in [6.45, 7) is 2.41. The van der Waals surface area contributed by atoms with Crippen LogP contribution < -0.4 is 0 Å². The van der Waals surface area contributed by atoms with Gasteiger partial charge < -0.3 is 5.11 Å². The van der Waals surface area contributed by atoms with Crippen LogP contribution in [-0.4, -0.2) is 41.6 Å². The van der Waals surface area contributed by atoms with Crippen LogP contribution >= 0.6 is 0 Å². The van der Waals surface area contributed by atoms with E-state index in [1.165, 1.54) is 4.31 Å². The van der Waals surface area contributed by atoms with Crippen molar-refractivity contribution in [3.8, 4) is 0 Å². The summed E-state index contributed by atoms with van der Waals surface area (Å²) in [5.74, 6) is -0.670. The molecule has 1 saturated carbocycles. The molecule has 1 aliphatic heterocycles. The molecule has 0 aromatic heterocycles. The van der Waals surface area contributed by atoms with Crippen molar-refractivity contribution in [2.24, 2.45) is 5.92 Å². The highest BCUT2D eigenvalue weighted by Crippen LogP contribution is 2.32. The monoisotopic (exact) mass is 303 g/mol. The van der Waals surface area contributed by atoms with Crippen LogP contribution in [-0.2, 0) is 14.8 Å². The average molecular weight is 303 g/mol. The third-order valence-electron chi connectivity index (χ3n) is 4.82. The van der Waals surface area contributed by atoms with Gasteiger partial charge in [0.25, 0.3) is 0 Å². The molecule has 1 saturated heterocycles. The highest BCUT2D eigenvalue weighted by Gasteiger charge is 2.43. The van der Waals surface area contributed by atoms with E-state index in [0.717, 1.165) is 32.1 Å². The lowest BCUT2D eigenvalue weighted by Gasteiger charge is -2.38. The van der Waals surface area contributed by atoms with E-state index >= 15 is 0 Å². The minimum absolute atomic E-state index is 0.328. The van der Waals surface area contributed by atoms with E-state index in [2.05, 4.69) is 0 Å². The topological polar surface area (TPSA) is 74.7 Å². The summed E-state index contributed by atoms with van der Waals surface area (Å²) in [7, 11) is -3.46. The second-order valence-corrected chi connectivity index (χ2v) is 8.23. The Morgan fingerprint density at radius 3 is 2.40 bits per heavy atom. The molecule has 0 radical (unpaired) electrons. The molecule has 0 amide bonds. The maximum atomic E-state index is 12.7. The molecule has 6 heteroatoms. The third-order valence-corrected chi connectivity index (χ3v) is 7.23. The number of rotatable bonds is 4. The van der Waals surface area contributed by atoms with E-state index in [1.54, 1.807) is 0 Å². The smallest absolute Gasteiger partial charge is 0.322 e. The normalized spacial score (nSPS) is 30.2. The standard InChI is InChI=1S/C14H25NO4S/c1-2-11-8-9-15(13(10-11)14(16)17)20(18,19)12-6-4-3-5-7-12/h11-13H,2-10H2,1H3,(H,16,17). The number of carboxylic acid groups (broad SMARTS) is 1. The highest BCUT2D eigenvalue weighted by atomic mass is 32.2. The molecule has 0 aromatic carbocycles. The maximum absolute atomic E-state index is 12.7. The molecule has 0 spiro atoms. The Labute approximate surface area is 121 Å². The first-order valence-corrected chi connectivity index (χ1v) is 9.20. The summed E-state index contributed by atoms with van der Waals surface area (Å²) in [5.41, 5.74) is 0. The van der Waals surface area contributed by atoms with Gasteiger partial charge in [-0.3, -0.25) is 4.79 Å². The van der Waals surface area contributed by atoms with Gasteiger partial charge in [-0.05, 0) is 31.6 Å². The predicted molar refractivity (Wildman–Crippen MR) is 76.9 cm³/mol. The first kappa shape index (κ1) is 15.8. The van der Waals surface area contributed by atoms with Crippen molar-refractivity contribution < 1.29 is 18.3 Å². The first-order chi connectivity index (χ1) is 9.46. The van der Waals surface area contributed by atoms with Gasteiger partial charge in [0.2, 0.25) is 10.0 Å². The second kappa shape index (κ2) is 6.43. The van der Waals surface area contributed by atoms with Crippen molar-refractivity contribution in [1.82, 2.24) is 4.31 Å². The Hall–Kier alpha value is -0.620. The largest absolute Gasteiger partial charge is 0.480 e. The van der Waals surface area contributed by atoms with Crippen LogP contribution in [0.5, 0.6) is 0 Å². The Kier molecular flexibility index (Phi) is 5.07. The molecule has 0 bridgehead atoms. The summed E-state index contributed by atoms with van der Waals surface area (Å²) in [6.07, 6.45) is 6.49. The van der Waals surface area contributed by atoms with Gasteiger partial charge in [0.05, 0.1) is 5.25 Å². The van der Waals surface area contributed by atoms with Crippen LogP contribution in [0, 0.1) is 5.92 Å². The van der Waals surface area contributed by atoms with Crippen LogP contribution in [0.4, 0.5) is 0 Å². The van der Waals surface area contributed by atoms with E-state index in [4.69, 9.17) is 0 Å². The lowest BCUT2D eigenvalue weighted by molar-refractivity contribution is -0.143. The number of carbonyl (C=O) groups is 1. The molecular weight excluding hydrogens is 278 g/mol. The quantitative estimate of drug-likeness (QED) is 0.864. The summed E-state index contributed by atoms with van der Waals surface area (Å²) >= 11 is 0. The van der Waals surface area contributed by atoms with E-state index in [1.807, 2.05) is 6.92 Å². The zero-order chi connectivity index (χ0) is 14.8. The summed E-state index contributed by atoms with van der Waals surface area (Å²) in [5, 5.41) is 9.01. The van der Waals surface area contributed by atoms with Gasteiger partial charge in [0, 0.05) is 6.54 Å². The molecule has 0 aromatic rings. The number of aliphatic carboxylic acids is 1. The van der Waals surface area contributed by atoms with Crippen LogP contribution in [0.1, 0.15) is 58.3 Å². The Bertz CT molecular complexity index is 442. The SMILES string of the molecule is CCC1CCN(S(=O)(=O)C2CCCCC2)C(C(=O)O)C1. The minimum atomic E-state index is -3.46. The van der Waals surface area contributed by atoms with E-state index in [9.17, 15) is 18.3 Å². The molecule has 2 rings (SSSR count). The van der Waals surface area contributed by atoms with Crippen LogP contribution in [0.25, 0.3) is 0 Å². The molecular formula is C14H25NO4S. The van der Waals surface area contributed by atoms with Gasteiger partial charge in [-0.2, -0.15) is 4.31 Å². The van der Waals surface area contributed by atoms with Crippen LogP contribution in [0.3, 0.4) is 0 Å². The van der Waals surface area contributed by atoms with Gasteiger partial charge in [-0.25, -0.2) is 8.42 Å². The molecule has 1 N–H and O–H groups in total. The van der Waals surface area contributed by atoms with Gasteiger partial charge >= 0.3 is 5.97 Å². The molecule has 1 aliphatic carbocycles. The van der Waals surface area contributed by atoms with Crippen LogP contribution in [0.15, 0.2) is 0 Å². The molecule has 5 nitrogen and oxygen atoms in total. The molecule has 20 heavy (non-hydrogen) atoms. The van der Waals surface area contributed by atoms with Gasteiger partial charge in [0.15, 0.2) is 0 Å². The molecule has 1 heterocycles. The maximum Gasteiger partial charge on any atom is 0.322 e. The summed E-state index contributed by atoms with van der Waals surface area (Å²) in [4.78, 5) is 11.4. The Morgan fingerprint density at radius 1 is 1.20 bits per heavy atom. The minimum Gasteiger partial charge on any atom is -0.480 e. The summed E-state index contributed by atoms with van der Waals surface area (Å²) < 4.78 is 26.7. The fraction of sp³-hybridized carbons (Fsp3) is 0.929. The number of nitrogens with zero attached hydrogens (tertiary/aromatic N) is 1. The number of sulfonamides is 1. The summed E-state index contributed by atoms with van der Waals surface area (Å²) in [6, 6.07) is -0.861. The molecule has 2 aliphatic rings. The highest BCUT2D eigenvalue weighted by molar-refractivity contribution is 7.89. The van der Waals surface area contributed by atoms with Gasteiger partial charge in [-0.1, -0.05) is 32.6 Å². The molecule has 116 valence electrons. The van der Waals surface area contributed by atoms with Crippen LogP contribution in [0.2, 0.25) is 0 Å². The van der Waals surface area contributed by atoms with E-state index in [-0.39, 0.29) is 5.25 Å². The number of hydrogen-bond donors (Lipinski definition) is 1. The number of carboxylic acids is 1. The molecule has 2 fully saturated rings. The van der Waals surface area contributed by atoms with Crippen molar-refractivity contribution in [3.63, 3.8) is 0 Å². The van der Waals surface area contributed by atoms with Crippen molar-refractivity contribution in [1.29, 1.82) is 0 Å². The third kappa shape index (κ3) is 3.17. The number of hydrogen-bond acceptors (Lipinski definition) is 3. The van der Waals surface area contributed by atoms with Crippen molar-refractivity contribution in [2.75, 3.05) is 6.54 Å². The average Bonchev–Trinajstić information content (AvgIpc) is 2.47.